The number of ether oxygens (including phenoxy) is 4. The molecule has 0 heterocycles. The van der Waals surface area contributed by atoms with E-state index in [2.05, 4.69) is 24.5 Å². The van der Waals surface area contributed by atoms with Crippen molar-refractivity contribution in [1.82, 2.24) is 10.6 Å². The lowest BCUT2D eigenvalue weighted by molar-refractivity contribution is -0.137. The smallest absolute Gasteiger partial charge is 0.311 e. The van der Waals surface area contributed by atoms with Gasteiger partial charge in [-0.15, -0.1) is 0 Å². The van der Waals surface area contributed by atoms with Gasteiger partial charge in [0, 0.05) is 37.8 Å². The molecule has 2 N–H and O–H groups in total. The van der Waals surface area contributed by atoms with Gasteiger partial charge in [0.25, 0.3) is 0 Å². The second kappa shape index (κ2) is 26.7. The maximum Gasteiger partial charge on any atom is 0.311 e. The maximum absolute atomic E-state index is 14.8. The molecule has 2 unspecified atom stereocenters. The minimum atomic E-state index is -0.908. The molecule has 2 aromatic carbocycles. The fourth-order valence-electron chi connectivity index (χ4n) is 6.03. The number of nitrogens with one attached hydrogen (secondary N) is 2. The molecular formula is C45H68N2O9. The molecule has 11 nitrogen and oxygen atoms in total. The van der Waals surface area contributed by atoms with Gasteiger partial charge < -0.3 is 29.6 Å². The van der Waals surface area contributed by atoms with Crippen molar-refractivity contribution >= 4 is 29.7 Å². The van der Waals surface area contributed by atoms with Gasteiger partial charge in [-0.3, -0.25) is 24.0 Å². The average Bonchev–Trinajstić information content (AvgIpc) is 3.14. The minimum absolute atomic E-state index is 0.0620. The van der Waals surface area contributed by atoms with Crippen LogP contribution in [0.1, 0.15) is 181 Å². The van der Waals surface area contributed by atoms with E-state index in [0.29, 0.717) is 36.8 Å². The number of hydrogen-bond acceptors (Lipinski definition) is 11. The quantitative estimate of drug-likeness (QED) is 0.0483. The fraction of sp³-hybridized carbons (Fsp3) is 0.622. The summed E-state index contributed by atoms with van der Waals surface area (Å²) in [5.41, 5.74) is 1.00. The van der Waals surface area contributed by atoms with Gasteiger partial charge in [0.2, 0.25) is 0 Å². The Morgan fingerprint density at radius 3 is 1.00 bits per heavy atom. The van der Waals surface area contributed by atoms with Crippen molar-refractivity contribution in [2.45, 2.75) is 182 Å². The van der Waals surface area contributed by atoms with Crippen LogP contribution in [0.4, 0.5) is 0 Å². The molecule has 0 bridgehead atoms. The molecule has 0 saturated carbocycles. The normalized spacial score (nSPS) is 12.3. The Morgan fingerprint density at radius 1 is 0.446 bits per heavy atom. The predicted octanol–water partition coefficient (Wildman–Crippen LogP) is 9.98. The third-order valence-corrected chi connectivity index (χ3v) is 9.00. The zero-order valence-electron chi connectivity index (χ0n) is 35.3. The van der Waals surface area contributed by atoms with Crippen LogP contribution < -0.4 is 29.6 Å². The molecule has 0 aliphatic heterocycles. The molecule has 11 heteroatoms. The number of Topliss-reactive ketones (excluding diaryl/α,β-unsaturated/α-hetero) is 1. The van der Waals surface area contributed by atoms with Crippen molar-refractivity contribution in [3.05, 3.63) is 47.5 Å². The van der Waals surface area contributed by atoms with Crippen LogP contribution in [0.3, 0.4) is 0 Å². The lowest BCUT2D eigenvalue weighted by atomic mass is 9.91. The fourth-order valence-corrected chi connectivity index (χ4v) is 6.03. The molecule has 56 heavy (non-hydrogen) atoms. The highest BCUT2D eigenvalue weighted by molar-refractivity contribution is 5.92. The van der Waals surface area contributed by atoms with E-state index in [-0.39, 0.29) is 66.5 Å². The molecule has 0 aliphatic carbocycles. The van der Waals surface area contributed by atoms with E-state index in [1.807, 2.05) is 41.5 Å². The molecule has 0 saturated heterocycles. The second-order valence-electron chi connectivity index (χ2n) is 15.0. The van der Waals surface area contributed by atoms with Crippen LogP contribution >= 0.6 is 0 Å². The number of unbranched alkanes of at least 4 members (excludes halogenated alkanes) is 8. The minimum Gasteiger partial charge on any atom is -0.423 e. The molecule has 312 valence electrons. The Balaban J connectivity index is 2.62. The number of carbonyl (C=O) groups is 5. The Labute approximate surface area is 335 Å². The number of hydrogen-bond donors (Lipinski definition) is 2. The van der Waals surface area contributed by atoms with E-state index < -0.39 is 36.0 Å². The highest BCUT2D eigenvalue weighted by Crippen LogP contribution is 2.36. The van der Waals surface area contributed by atoms with Crippen molar-refractivity contribution in [3.63, 3.8) is 0 Å². The summed E-state index contributed by atoms with van der Waals surface area (Å²) in [6.45, 7) is 15.9. The number of esters is 4. The first-order valence-electron chi connectivity index (χ1n) is 21.0. The van der Waals surface area contributed by atoms with Crippen LogP contribution in [-0.2, 0) is 24.0 Å². The molecule has 0 amide bonds. The molecule has 0 fully saturated rings. The number of rotatable bonds is 28. The number of benzene rings is 2. The summed E-state index contributed by atoms with van der Waals surface area (Å²) >= 11 is 0. The lowest BCUT2D eigenvalue weighted by Gasteiger charge is -2.28. The monoisotopic (exact) mass is 780 g/mol. The Hall–Kier alpha value is -4.09. The van der Waals surface area contributed by atoms with E-state index in [9.17, 15) is 24.0 Å². The highest BCUT2D eigenvalue weighted by Gasteiger charge is 2.32. The van der Waals surface area contributed by atoms with Crippen molar-refractivity contribution in [3.8, 4) is 23.0 Å². The van der Waals surface area contributed by atoms with Gasteiger partial charge in [0.05, 0.1) is 12.1 Å². The summed E-state index contributed by atoms with van der Waals surface area (Å²) < 4.78 is 23.0. The zero-order valence-corrected chi connectivity index (χ0v) is 35.3. The van der Waals surface area contributed by atoms with Gasteiger partial charge in [-0.2, -0.15) is 0 Å². The largest absolute Gasteiger partial charge is 0.423 e. The van der Waals surface area contributed by atoms with Crippen LogP contribution in [0.15, 0.2) is 36.4 Å². The molecular weight excluding hydrogens is 712 g/mol. The van der Waals surface area contributed by atoms with E-state index in [4.69, 9.17) is 18.9 Å². The molecule has 2 rings (SSSR count). The Bertz CT molecular complexity index is 1430. The first-order chi connectivity index (χ1) is 26.8. The van der Waals surface area contributed by atoms with Crippen LogP contribution in [0.5, 0.6) is 23.0 Å². The summed E-state index contributed by atoms with van der Waals surface area (Å²) in [7, 11) is 0. The van der Waals surface area contributed by atoms with Crippen molar-refractivity contribution in [1.29, 1.82) is 0 Å². The van der Waals surface area contributed by atoms with Crippen LogP contribution in [0, 0.1) is 0 Å². The summed E-state index contributed by atoms with van der Waals surface area (Å²) in [6.07, 6.45) is 10.8. The van der Waals surface area contributed by atoms with Crippen molar-refractivity contribution in [2.24, 2.45) is 0 Å². The first-order valence-corrected chi connectivity index (χ1v) is 21.0. The topological polar surface area (TPSA) is 146 Å². The third kappa shape index (κ3) is 17.8. The van der Waals surface area contributed by atoms with E-state index in [1.165, 1.54) is 0 Å². The maximum atomic E-state index is 14.8. The van der Waals surface area contributed by atoms with Gasteiger partial charge in [0.1, 0.15) is 0 Å². The van der Waals surface area contributed by atoms with Gasteiger partial charge in [-0.1, -0.05) is 91.2 Å². The molecule has 0 radical (unpaired) electrons. The van der Waals surface area contributed by atoms with Crippen LogP contribution in [0.25, 0.3) is 0 Å². The predicted molar refractivity (Wildman–Crippen MR) is 219 cm³/mol. The van der Waals surface area contributed by atoms with E-state index in [1.54, 1.807) is 36.4 Å². The molecule has 2 atom stereocenters. The first kappa shape index (κ1) is 48.1. The van der Waals surface area contributed by atoms with Gasteiger partial charge >= 0.3 is 23.9 Å². The molecule has 2 aromatic rings. The SMILES string of the molecule is CCCCCC(=O)Oc1ccc(C(NC(C)C)C(=O)C(NC(C)C)c2ccc(OC(=O)CCCCC)c(OC(=O)CCCCC)c2)cc1OC(=O)CCCCC. The standard InChI is InChI=1S/C45H68N2O9/c1-9-13-17-21-39(48)53-35-27-25-33(29-37(35)55-41(50)23-19-15-11-3)43(46-31(5)6)45(52)44(47-32(7)8)34-26-28-36(54-40(49)22-18-14-10-2)38(30-34)56-42(51)24-20-16-12-4/h25-32,43-44,46-47H,9-24H2,1-8H3. The Morgan fingerprint density at radius 2 is 0.732 bits per heavy atom. The van der Waals surface area contributed by atoms with Crippen molar-refractivity contribution < 1.29 is 42.9 Å². The van der Waals surface area contributed by atoms with Gasteiger partial charge in [-0.25, -0.2) is 0 Å². The molecule has 0 aliphatic rings. The number of carbonyl (C=O) groups excluding carboxylic acids is 5. The summed E-state index contributed by atoms with van der Waals surface area (Å²) in [4.78, 5) is 66.3. The van der Waals surface area contributed by atoms with Crippen LogP contribution in [-0.4, -0.2) is 41.7 Å². The Kier molecular flexibility index (Phi) is 22.9. The molecule has 0 aromatic heterocycles. The van der Waals surface area contributed by atoms with E-state index >= 15 is 0 Å². The summed E-state index contributed by atoms with van der Waals surface area (Å²) in [5.74, 6) is -1.70. The third-order valence-electron chi connectivity index (χ3n) is 9.00. The summed E-state index contributed by atoms with van der Waals surface area (Å²) in [6, 6.07) is 7.58. The van der Waals surface area contributed by atoms with Crippen LogP contribution in [0.2, 0.25) is 0 Å². The van der Waals surface area contributed by atoms with Crippen molar-refractivity contribution in [2.75, 3.05) is 0 Å². The lowest BCUT2D eigenvalue weighted by Crippen LogP contribution is -2.42. The number of ketones is 1. The second-order valence-corrected chi connectivity index (χ2v) is 15.0. The highest BCUT2D eigenvalue weighted by atomic mass is 16.6. The van der Waals surface area contributed by atoms with Gasteiger partial charge in [-0.05, 0) is 88.8 Å². The molecule has 0 spiro atoms. The zero-order chi connectivity index (χ0) is 41.5. The van der Waals surface area contributed by atoms with E-state index in [0.717, 1.165) is 51.4 Å². The summed E-state index contributed by atoms with van der Waals surface area (Å²) in [5, 5.41) is 6.76. The average molecular weight is 781 g/mol. The van der Waals surface area contributed by atoms with Gasteiger partial charge in [0.15, 0.2) is 28.8 Å².